The average Bonchev–Trinajstić information content (AvgIpc) is 2.31. The molecule has 1 heterocycles. The third-order valence-electron chi connectivity index (χ3n) is 2.16. The number of aliphatic hydroxyl groups is 3. The third-order valence-corrected chi connectivity index (χ3v) is 2.16. The van der Waals surface area contributed by atoms with Crippen LogP contribution in [0.25, 0.3) is 0 Å². The van der Waals surface area contributed by atoms with Gasteiger partial charge in [0.25, 0.3) is 0 Å². The SMILES string of the molecule is CC(C(=O)O)C1O[C@H](O)[C@H](O)[C@H]1O. The Labute approximate surface area is 74.4 Å². The number of aliphatic hydroxyl groups excluding tert-OH is 3. The van der Waals surface area contributed by atoms with Crippen molar-refractivity contribution in [2.24, 2.45) is 5.92 Å². The molecule has 0 bridgehead atoms. The zero-order valence-corrected chi connectivity index (χ0v) is 6.99. The van der Waals surface area contributed by atoms with E-state index in [-0.39, 0.29) is 0 Å². The van der Waals surface area contributed by atoms with Crippen molar-refractivity contribution in [3.8, 4) is 0 Å². The molecule has 6 heteroatoms. The molecule has 0 saturated carbocycles. The highest BCUT2D eigenvalue weighted by molar-refractivity contribution is 5.70. The van der Waals surface area contributed by atoms with E-state index in [1.807, 2.05) is 0 Å². The van der Waals surface area contributed by atoms with Crippen LogP contribution in [0.2, 0.25) is 0 Å². The summed E-state index contributed by atoms with van der Waals surface area (Å²) in [6.07, 6.45) is -5.38. The Bertz CT molecular complexity index is 205. The first-order valence-electron chi connectivity index (χ1n) is 3.87. The van der Waals surface area contributed by atoms with Crippen LogP contribution in [0.5, 0.6) is 0 Å². The van der Waals surface area contributed by atoms with E-state index >= 15 is 0 Å². The molecule has 1 fully saturated rings. The molecule has 1 saturated heterocycles. The zero-order chi connectivity index (χ0) is 10.2. The summed E-state index contributed by atoms with van der Waals surface area (Å²) in [5.74, 6) is -2.12. The van der Waals surface area contributed by atoms with Crippen LogP contribution in [0, 0.1) is 5.92 Å². The van der Waals surface area contributed by atoms with Crippen molar-refractivity contribution in [3.05, 3.63) is 0 Å². The topological polar surface area (TPSA) is 107 Å². The van der Waals surface area contributed by atoms with Crippen molar-refractivity contribution in [1.29, 1.82) is 0 Å². The number of carbonyl (C=O) groups is 1. The van der Waals surface area contributed by atoms with Gasteiger partial charge in [0, 0.05) is 0 Å². The average molecular weight is 192 g/mol. The fourth-order valence-electron chi connectivity index (χ4n) is 1.24. The number of ether oxygens (including phenoxy) is 1. The third kappa shape index (κ3) is 1.80. The first kappa shape index (κ1) is 10.4. The molecule has 13 heavy (non-hydrogen) atoms. The molecule has 0 spiro atoms. The zero-order valence-electron chi connectivity index (χ0n) is 6.99. The van der Waals surface area contributed by atoms with Gasteiger partial charge >= 0.3 is 5.97 Å². The highest BCUT2D eigenvalue weighted by Crippen LogP contribution is 2.25. The second-order valence-electron chi connectivity index (χ2n) is 3.10. The second-order valence-corrected chi connectivity index (χ2v) is 3.10. The Kier molecular flexibility index (Phi) is 2.87. The number of aliphatic carboxylic acids is 1. The maximum absolute atomic E-state index is 10.5. The molecule has 2 unspecified atom stereocenters. The molecule has 0 aromatic carbocycles. The van der Waals surface area contributed by atoms with Gasteiger partial charge < -0.3 is 25.2 Å². The molecule has 1 rings (SSSR count). The fraction of sp³-hybridized carbons (Fsp3) is 0.857. The molecule has 5 atom stereocenters. The first-order chi connectivity index (χ1) is 5.95. The molecule has 0 aromatic rings. The highest BCUT2D eigenvalue weighted by Gasteiger charge is 2.46. The lowest BCUT2D eigenvalue weighted by Crippen LogP contribution is -2.37. The predicted molar refractivity (Wildman–Crippen MR) is 39.7 cm³/mol. The van der Waals surface area contributed by atoms with Crippen LogP contribution in [0.4, 0.5) is 0 Å². The quantitative estimate of drug-likeness (QED) is 0.409. The van der Waals surface area contributed by atoms with Gasteiger partial charge in [-0.2, -0.15) is 0 Å². The Balaban J connectivity index is 2.68. The molecule has 4 N–H and O–H groups in total. The van der Waals surface area contributed by atoms with Gasteiger partial charge in [0.2, 0.25) is 0 Å². The van der Waals surface area contributed by atoms with Crippen molar-refractivity contribution in [3.63, 3.8) is 0 Å². The summed E-state index contributed by atoms with van der Waals surface area (Å²) in [6, 6.07) is 0. The Morgan fingerprint density at radius 1 is 1.31 bits per heavy atom. The van der Waals surface area contributed by atoms with Crippen molar-refractivity contribution >= 4 is 5.97 Å². The second kappa shape index (κ2) is 3.59. The summed E-state index contributed by atoms with van der Waals surface area (Å²) in [5.41, 5.74) is 0. The monoisotopic (exact) mass is 192 g/mol. The van der Waals surface area contributed by atoms with E-state index in [0.29, 0.717) is 0 Å². The van der Waals surface area contributed by atoms with E-state index in [4.69, 9.17) is 15.3 Å². The summed E-state index contributed by atoms with van der Waals surface area (Å²) >= 11 is 0. The van der Waals surface area contributed by atoms with Gasteiger partial charge in [-0.25, -0.2) is 0 Å². The lowest BCUT2D eigenvalue weighted by molar-refractivity contribution is -0.158. The molecule has 6 nitrogen and oxygen atoms in total. The smallest absolute Gasteiger partial charge is 0.308 e. The standard InChI is InChI=1S/C7H12O6/c1-2(6(10)11)5-3(8)4(9)7(12)13-5/h2-5,7-9,12H,1H3,(H,10,11)/t2?,3-,4-,5?,7+/m1/s1. The van der Waals surface area contributed by atoms with E-state index < -0.39 is 36.5 Å². The molecule has 0 radical (unpaired) electrons. The van der Waals surface area contributed by atoms with Crippen LogP contribution in [0.15, 0.2) is 0 Å². The summed E-state index contributed by atoms with van der Waals surface area (Å²) in [6.45, 7) is 1.33. The summed E-state index contributed by atoms with van der Waals surface area (Å²) < 4.78 is 4.68. The molecular weight excluding hydrogens is 180 g/mol. The number of rotatable bonds is 2. The predicted octanol–water partition coefficient (Wildman–Crippen LogP) is -1.85. The van der Waals surface area contributed by atoms with Gasteiger partial charge in [0.15, 0.2) is 6.29 Å². The van der Waals surface area contributed by atoms with Crippen molar-refractivity contribution in [2.45, 2.75) is 31.5 Å². The van der Waals surface area contributed by atoms with Gasteiger partial charge in [-0.15, -0.1) is 0 Å². The number of carboxylic acids is 1. The van der Waals surface area contributed by atoms with Crippen molar-refractivity contribution in [1.82, 2.24) is 0 Å². The molecule has 0 aromatic heterocycles. The minimum Gasteiger partial charge on any atom is -0.481 e. The minimum atomic E-state index is -1.51. The Hall–Kier alpha value is -0.690. The molecule has 76 valence electrons. The van der Waals surface area contributed by atoms with Crippen LogP contribution in [-0.4, -0.2) is 51.0 Å². The maximum Gasteiger partial charge on any atom is 0.308 e. The van der Waals surface area contributed by atoms with Gasteiger partial charge in [-0.1, -0.05) is 0 Å². The van der Waals surface area contributed by atoms with Gasteiger partial charge in [0.1, 0.15) is 18.3 Å². The maximum atomic E-state index is 10.5. The van der Waals surface area contributed by atoms with Crippen LogP contribution in [0.3, 0.4) is 0 Å². The van der Waals surface area contributed by atoms with Gasteiger partial charge in [-0.3, -0.25) is 4.79 Å². The molecule has 1 aliphatic rings. The molecule has 0 aliphatic carbocycles. The fourth-order valence-corrected chi connectivity index (χ4v) is 1.24. The Morgan fingerprint density at radius 3 is 2.15 bits per heavy atom. The van der Waals surface area contributed by atoms with Crippen molar-refractivity contribution < 1.29 is 30.0 Å². The normalized spacial score (nSPS) is 41.8. The van der Waals surface area contributed by atoms with Gasteiger partial charge in [0.05, 0.1) is 5.92 Å². The Morgan fingerprint density at radius 2 is 1.85 bits per heavy atom. The highest BCUT2D eigenvalue weighted by atomic mass is 16.6. The summed E-state index contributed by atoms with van der Waals surface area (Å²) in [4.78, 5) is 10.5. The lowest BCUT2D eigenvalue weighted by atomic mass is 9.99. The minimum absolute atomic E-state index is 0.971. The van der Waals surface area contributed by atoms with Crippen LogP contribution in [0.1, 0.15) is 6.92 Å². The van der Waals surface area contributed by atoms with Crippen molar-refractivity contribution in [2.75, 3.05) is 0 Å². The number of carboxylic acid groups (broad SMARTS) is 1. The van der Waals surface area contributed by atoms with E-state index in [0.717, 1.165) is 0 Å². The lowest BCUT2D eigenvalue weighted by Gasteiger charge is -2.17. The largest absolute Gasteiger partial charge is 0.481 e. The van der Waals surface area contributed by atoms with Crippen LogP contribution >= 0.6 is 0 Å². The van der Waals surface area contributed by atoms with E-state index in [1.54, 1.807) is 0 Å². The van der Waals surface area contributed by atoms with E-state index in [2.05, 4.69) is 4.74 Å². The van der Waals surface area contributed by atoms with Crippen LogP contribution < -0.4 is 0 Å². The first-order valence-corrected chi connectivity index (χ1v) is 3.87. The summed E-state index contributed by atoms with van der Waals surface area (Å²) in [5, 5.41) is 35.8. The van der Waals surface area contributed by atoms with Crippen LogP contribution in [-0.2, 0) is 9.53 Å². The number of hydrogen-bond acceptors (Lipinski definition) is 5. The van der Waals surface area contributed by atoms with E-state index in [1.165, 1.54) is 6.92 Å². The summed E-state index contributed by atoms with van der Waals surface area (Å²) in [7, 11) is 0. The molecular formula is C7H12O6. The molecule has 1 aliphatic heterocycles. The number of hydrogen-bond donors (Lipinski definition) is 4. The van der Waals surface area contributed by atoms with Gasteiger partial charge in [-0.05, 0) is 6.92 Å². The molecule has 0 amide bonds. The van der Waals surface area contributed by atoms with E-state index in [9.17, 15) is 9.90 Å².